The van der Waals surface area contributed by atoms with Gasteiger partial charge in [0.2, 0.25) is 0 Å². The molecule has 0 unspecified atom stereocenters. The normalized spacial score (nSPS) is 10.4. The topological polar surface area (TPSA) is 27.8 Å². The van der Waals surface area contributed by atoms with Crippen LogP contribution >= 0.6 is 0 Å². The molecule has 2 aromatic rings. The first-order valence-corrected chi connectivity index (χ1v) is 4.98. The zero-order valence-electron chi connectivity index (χ0n) is 8.85. The molecular formula is C12H12F2N2. The maximum absolute atomic E-state index is 13.4. The molecule has 2 rings (SSSR count). The Labute approximate surface area is 92.3 Å². The Bertz CT molecular complexity index is 478. The van der Waals surface area contributed by atoms with Crippen LogP contribution in [0.3, 0.4) is 0 Å². The number of aryl methyl sites for hydroxylation is 1. The zero-order chi connectivity index (χ0) is 11.5. The summed E-state index contributed by atoms with van der Waals surface area (Å²) in [6, 6.07) is 4.24. The van der Waals surface area contributed by atoms with Gasteiger partial charge in [-0.1, -0.05) is 0 Å². The van der Waals surface area contributed by atoms with Gasteiger partial charge in [-0.2, -0.15) is 0 Å². The third-order valence-electron chi connectivity index (χ3n) is 2.39. The van der Waals surface area contributed by atoms with Crippen LogP contribution in [0.15, 0.2) is 30.6 Å². The van der Waals surface area contributed by atoms with Crippen LogP contribution in [0.4, 0.5) is 14.5 Å². The van der Waals surface area contributed by atoms with Crippen molar-refractivity contribution in [2.24, 2.45) is 0 Å². The summed E-state index contributed by atoms with van der Waals surface area (Å²) in [5.74, 6) is -0.840. The molecular weight excluding hydrogens is 210 g/mol. The van der Waals surface area contributed by atoms with Gasteiger partial charge in [-0.05, 0) is 30.2 Å². The van der Waals surface area contributed by atoms with E-state index in [-0.39, 0.29) is 5.69 Å². The summed E-state index contributed by atoms with van der Waals surface area (Å²) in [4.78, 5) is 2.89. The molecule has 0 fully saturated rings. The van der Waals surface area contributed by atoms with Crippen LogP contribution in [0, 0.1) is 18.6 Å². The number of anilines is 1. The Balaban J connectivity index is 2.12. The van der Waals surface area contributed by atoms with Gasteiger partial charge < -0.3 is 10.3 Å². The van der Waals surface area contributed by atoms with Crippen molar-refractivity contribution in [1.82, 2.24) is 4.98 Å². The minimum absolute atomic E-state index is 0.185. The van der Waals surface area contributed by atoms with E-state index in [0.717, 1.165) is 5.56 Å². The second-order valence-corrected chi connectivity index (χ2v) is 3.65. The number of hydrogen-bond acceptors (Lipinski definition) is 1. The van der Waals surface area contributed by atoms with E-state index < -0.39 is 11.6 Å². The molecule has 0 aliphatic carbocycles. The van der Waals surface area contributed by atoms with Crippen LogP contribution in [0.5, 0.6) is 0 Å². The van der Waals surface area contributed by atoms with Crippen molar-refractivity contribution in [3.05, 3.63) is 53.4 Å². The van der Waals surface area contributed by atoms with Crippen molar-refractivity contribution in [3.8, 4) is 0 Å². The fourth-order valence-corrected chi connectivity index (χ4v) is 1.45. The van der Waals surface area contributed by atoms with Gasteiger partial charge in [0.1, 0.15) is 11.6 Å². The first-order chi connectivity index (χ1) is 7.66. The van der Waals surface area contributed by atoms with Gasteiger partial charge in [-0.25, -0.2) is 8.78 Å². The summed E-state index contributed by atoms with van der Waals surface area (Å²) in [6.45, 7) is 2.00. The SMILES string of the molecule is Cc1cc(F)c(NCc2cc[nH]c2)cc1F. The minimum Gasteiger partial charge on any atom is -0.378 e. The standard InChI is InChI=1S/C12H12F2N2/c1-8-4-11(14)12(5-10(8)13)16-7-9-2-3-15-6-9/h2-6,15-16H,7H2,1H3. The van der Waals surface area contributed by atoms with Crippen LogP contribution in [0.1, 0.15) is 11.1 Å². The molecule has 0 atom stereocenters. The lowest BCUT2D eigenvalue weighted by Crippen LogP contribution is -2.02. The van der Waals surface area contributed by atoms with Gasteiger partial charge in [0.25, 0.3) is 0 Å². The lowest BCUT2D eigenvalue weighted by atomic mass is 10.2. The molecule has 0 spiro atoms. The van der Waals surface area contributed by atoms with E-state index in [1.807, 2.05) is 6.07 Å². The minimum atomic E-state index is -0.436. The Morgan fingerprint density at radius 1 is 1.25 bits per heavy atom. The Kier molecular flexibility index (Phi) is 2.90. The van der Waals surface area contributed by atoms with E-state index in [2.05, 4.69) is 10.3 Å². The second kappa shape index (κ2) is 4.35. The van der Waals surface area contributed by atoms with Crippen molar-refractivity contribution in [2.45, 2.75) is 13.5 Å². The molecule has 1 heterocycles. The van der Waals surface area contributed by atoms with Crippen molar-refractivity contribution in [1.29, 1.82) is 0 Å². The highest BCUT2D eigenvalue weighted by Crippen LogP contribution is 2.19. The van der Waals surface area contributed by atoms with E-state index in [9.17, 15) is 8.78 Å². The summed E-state index contributed by atoms with van der Waals surface area (Å²) >= 11 is 0. The number of nitrogens with one attached hydrogen (secondary N) is 2. The second-order valence-electron chi connectivity index (χ2n) is 3.65. The molecule has 16 heavy (non-hydrogen) atoms. The van der Waals surface area contributed by atoms with Crippen LogP contribution in [0.25, 0.3) is 0 Å². The van der Waals surface area contributed by atoms with E-state index >= 15 is 0 Å². The number of halogens is 2. The molecule has 1 aromatic heterocycles. The highest BCUT2D eigenvalue weighted by Gasteiger charge is 2.06. The lowest BCUT2D eigenvalue weighted by molar-refractivity contribution is 0.594. The molecule has 0 radical (unpaired) electrons. The average Bonchev–Trinajstić information content (AvgIpc) is 2.74. The number of rotatable bonds is 3. The highest BCUT2D eigenvalue weighted by molar-refractivity contribution is 5.47. The van der Waals surface area contributed by atoms with E-state index in [0.29, 0.717) is 12.1 Å². The van der Waals surface area contributed by atoms with E-state index in [4.69, 9.17) is 0 Å². The number of hydrogen-bond donors (Lipinski definition) is 2. The predicted octanol–water partition coefficient (Wildman–Crippen LogP) is 3.21. The molecule has 0 amide bonds. The fourth-order valence-electron chi connectivity index (χ4n) is 1.45. The zero-order valence-corrected chi connectivity index (χ0v) is 8.85. The van der Waals surface area contributed by atoms with E-state index in [1.54, 1.807) is 12.4 Å². The number of aromatic nitrogens is 1. The van der Waals surface area contributed by atoms with Crippen molar-refractivity contribution >= 4 is 5.69 Å². The van der Waals surface area contributed by atoms with Crippen LogP contribution in [0.2, 0.25) is 0 Å². The number of H-pyrrole nitrogens is 1. The van der Waals surface area contributed by atoms with Gasteiger partial charge in [0.15, 0.2) is 0 Å². The Hall–Kier alpha value is -1.84. The Morgan fingerprint density at radius 3 is 2.75 bits per heavy atom. The molecule has 2 nitrogen and oxygen atoms in total. The quantitative estimate of drug-likeness (QED) is 0.820. The maximum Gasteiger partial charge on any atom is 0.146 e. The first kappa shape index (κ1) is 10.7. The smallest absolute Gasteiger partial charge is 0.146 e. The summed E-state index contributed by atoms with van der Waals surface area (Å²) in [5.41, 5.74) is 1.48. The van der Waals surface area contributed by atoms with Crippen LogP contribution in [-0.4, -0.2) is 4.98 Å². The van der Waals surface area contributed by atoms with Crippen LogP contribution < -0.4 is 5.32 Å². The maximum atomic E-state index is 13.4. The monoisotopic (exact) mass is 222 g/mol. The highest BCUT2D eigenvalue weighted by atomic mass is 19.1. The molecule has 0 aliphatic heterocycles. The fraction of sp³-hybridized carbons (Fsp3) is 0.167. The Morgan fingerprint density at radius 2 is 2.06 bits per heavy atom. The summed E-state index contributed by atoms with van der Waals surface area (Å²) in [7, 11) is 0. The third-order valence-corrected chi connectivity index (χ3v) is 2.39. The molecule has 84 valence electrons. The summed E-state index contributed by atoms with van der Waals surface area (Å²) < 4.78 is 26.6. The average molecular weight is 222 g/mol. The molecule has 2 N–H and O–H groups in total. The summed E-state index contributed by atoms with van der Waals surface area (Å²) in [6.07, 6.45) is 3.58. The largest absolute Gasteiger partial charge is 0.378 e. The van der Waals surface area contributed by atoms with Gasteiger partial charge in [0.05, 0.1) is 5.69 Å². The van der Waals surface area contributed by atoms with Crippen molar-refractivity contribution < 1.29 is 8.78 Å². The molecule has 0 saturated heterocycles. The van der Waals surface area contributed by atoms with E-state index in [1.165, 1.54) is 19.1 Å². The predicted molar refractivity (Wildman–Crippen MR) is 59.2 cm³/mol. The third kappa shape index (κ3) is 2.21. The molecule has 0 saturated carbocycles. The molecule has 0 bridgehead atoms. The molecule has 1 aromatic carbocycles. The first-order valence-electron chi connectivity index (χ1n) is 4.98. The van der Waals surface area contributed by atoms with Gasteiger partial charge >= 0.3 is 0 Å². The van der Waals surface area contributed by atoms with Crippen molar-refractivity contribution in [2.75, 3.05) is 5.32 Å². The lowest BCUT2D eigenvalue weighted by Gasteiger charge is -2.07. The number of benzene rings is 1. The molecule has 4 heteroatoms. The molecule has 0 aliphatic rings. The van der Waals surface area contributed by atoms with Crippen LogP contribution in [-0.2, 0) is 6.54 Å². The number of aromatic amines is 1. The van der Waals surface area contributed by atoms with Gasteiger partial charge in [-0.3, -0.25) is 0 Å². The summed E-state index contributed by atoms with van der Waals surface area (Å²) in [5, 5.41) is 2.85. The van der Waals surface area contributed by atoms with Crippen molar-refractivity contribution in [3.63, 3.8) is 0 Å². The van der Waals surface area contributed by atoms with Gasteiger partial charge in [-0.15, -0.1) is 0 Å². The van der Waals surface area contributed by atoms with Gasteiger partial charge in [0, 0.05) is 25.0 Å².